The molecule has 0 bridgehead atoms. The number of anilines is 1. The van der Waals surface area contributed by atoms with Gasteiger partial charge in [-0.05, 0) is 12.1 Å². The quantitative estimate of drug-likeness (QED) is 0.566. The van der Waals surface area contributed by atoms with Crippen LogP contribution in [-0.4, -0.2) is 61.7 Å². The van der Waals surface area contributed by atoms with E-state index in [-0.39, 0.29) is 39.3 Å². The number of aliphatic hydroxyl groups is 2. The standard InChI is InChI=1S/C16H23NO6/c18-10-12-22-15(20)6-8-17(14-4-2-1-3-5-14)9-7-16(21)23-13-11-19/h1-5,18-19H,6-13H2. The van der Waals surface area contributed by atoms with E-state index in [0.717, 1.165) is 5.69 Å². The van der Waals surface area contributed by atoms with Gasteiger partial charge in [0.15, 0.2) is 0 Å². The van der Waals surface area contributed by atoms with Gasteiger partial charge in [0.25, 0.3) is 0 Å². The van der Waals surface area contributed by atoms with Crippen LogP contribution in [0.25, 0.3) is 0 Å². The van der Waals surface area contributed by atoms with Crippen LogP contribution in [0.2, 0.25) is 0 Å². The fraction of sp³-hybridized carbons (Fsp3) is 0.500. The average Bonchev–Trinajstić information content (AvgIpc) is 2.58. The third-order valence-electron chi connectivity index (χ3n) is 3.00. The summed E-state index contributed by atoms with van der Waals surface area (Å²) < 4.78 is 9.64. The Labute approximate surface area is 135 Å². The maximum atomic E-state index is 11.5. The number of aliphatic hydroxyl groups excluding tert-OH is 2. The molecule has 0 saturated heterocycles. The van der Waals surface area contributed by atoms with Crippen molar-refractivity contribution in [3.63, 3.8) is 0 Å². The van der Waals surface area contributed by atoms with Gasteiger partial charge in [-0.3, -0.25) is 9.59 Å². The lowest BCUT2D eigenvalue weighted by Gasteiger charge is -2.24. The minimum atomic E-state index is -0.400. The van der Waals surface area contributed by atoms with Crippen LogP contribution in [0.3, 0.4) is 0 Å². The first-order valence-electron chi connectivity index (χ1n) is 7.50. The zero-order valence-electron chi connectivity index (χ0n) is 13.0. The largest absolute Gasteiger partial charge is 0.463 e. The Morgan fingerprint density at radius 1 is 0.870 bits per heavy atom. The third-order valence-corrected chi connectivity index (χ3v) is 3.00. The number of hydrogen-bond acceptors (Lipinski definition) is 7. The Hall–Kier alpha value is -2.12. The Kier molecular flexibility index (Phi) is 9.42. The van der Waals surface area contributed by atoms with Crippen LogP contribution in [0, 0.1) is 0 Å². The summed E-state index contributed by atoms with van der Waals surface area (Å²) in [4.78, 5) is 25.0. The average molecular weight is 325 g/mol. The number of nitrogens with zero attached hydrogens (tertiary/aromatic N) is 1. The summed E-state index contributed by atoms with van der Waals surface area (Å²) in [6.07, 6.45) is 0.307. The van der Waals surface area contributed by atoms with Gasteiger partial charge in [-0.25, -0.2) is 0 Å². The molecule has 2 N–H and O–H groups in total. The first kappa shape index (κ1) is 18.9. The molecule has 0 saturated carbocycles. The second kappa shape index (κ2) is 11.4. The van der Waals surface area contributed by atoms with Crippen molar-refractivity contribution in [2.45, 2.75) is 12.8 Å². The van der Waals surface area contributed by atoms with Gasteiger partial charge in [0.05, 0.1) is 26.1 Å². The number of esters is 2. The molecule has 0 atom stereocenters. The van der Waals surface area contributed by atoms with Crippen molar-refractivity contribution in [2.75, 3.05) is 44.4 Å². The summed E-state index contributed by atoms with van der Waals surface area (Å²) in [5.74, 6) is -0.800. The number of para-hydroxylation sites is 1. The van der Waals surface area contributed by atoms with Crippen LogP contribution in [0.5, 0.6) is 0 Å². The zero-order valence-corrected chi connectivity index (χ0v) is 13.0. The number of ether oxygens (including phenoxy) is 2. The summed E-state index contributed by atoms with van der Waals surface area (Å²) in [6.45, 7) is 0.341. The van der Waals surface area contributed by atoms with Gasteiger partial charge in [0.2, 0.25) is 0 Å². The molecular formula is C16H23NO6. The molecular weight excluding hydrogens is 302 g/mol. The Morgan fingerprint density at radius 3 is 1.78 bits per heavy atom. The van der Waals surface area contributed by atoms with Gasteiger partial charge in [0, 0.05) is 18.8 Å². The molecule has 0 radical (unpaired) electrons. The van der Waals surface area contributed by atoms with Gasteiger partial charge in [-0.15, -0.1) is 0 Å². The number of hydrogen-bond donors (Lipinski definition) is 2. The van der Waals surface area contributed by atoms with E-state index in [1.807, 2.05) is 35.2 Å². The van der Waals surface area contributed by atoms with Crippen molar-refractivity contribution in [1.29, 1.82) is 0 Å². The maximum Gasteiger partial charge on any atom is 0.307 e. The van der Waals surface area contributed by atoms with Crippen LogP contribution >= 0.6 is 0 Å². The topological polar surface area (TPSA) is 96.3 Å². The normalized spacial score (nSPS) is 10.2. The molecule has 1 aromatic carbocycles. The molecule has 1 rings (SSSR count). The molecule has 0 aliphatic rings. The lowest BCUT2D eigenvalue weighted by Crippen LogP contribution is -2.29. The molecule has 0 fully saturated rings. The van der Waals surface area contributed by atoms with Crippen molar-refractivity contribution >= 4 is 17.6 Å². The highest BCUT2D eigenvalue weighted by Gasteiger charge is 2.12. The first-order valence-corrected chi connectivity index (χ1v) is 7.50. The molecule has 0 aliphatic carbocycles. The predicted octanol–water partition coefficient (Wildman–Crippen LogP) is 0.344. The van der Waals surface area contributed by atoms with Crippen LogP contribution in [0.1, 0.15) is 12.8 Å². The first-order chi connectivity index (χ1) is 11.2. The SMILES string of the molecule is O=C(CCN(CCC(=O)OCCO)c1ccccc1)OCCO. The van der Waals surface area contributed by atoms with E-state index in [2.05, 4.69) is 0 Å². The van der Waals surface area contributed by atoms with Crippen molar-refractivity contribution in [2.24, 2.45) is 0 Å². The molecule has 23 heavy (non-hydrogen) atoms. The molecule has 0 aromatic heterocycles. The monoisotopic (exact) mass is 325 g/mol. The minimum Gasteiger partial charge on any atom is -0.463 e. The number of benzene rings is 1. The molecule has 0 amide bonds. The van der Waals surface area contributed by atoms with E-state index in [4.69, 9.17) is 19.7 Å². The number of carbonyl (C=O) groups is 2. The second-order valence-corrected chi connectivity index (χ2v) is 4.71. The molecule has 0 heterocycles. The fourth-order valence-corrected chi connectivity index (χ4v) is 1.92. The molecule has 1 aromatic rings. The van der Waals surface area contributed by atoms with Gasteiger partial charge >= 0.3 is 11.9 Å². The van der Waals surface area contributed by atoms with Crippen molar-refractivity contribution in [3.8, 4) is 0 Å². The minimum absolute atomic E-state index is 0.0162. The van der Waals surface area contributed by atoms with E-state index in [0.29, 0.717) is 13.1 Å². The molecule has 0 unspecified atom stereocenters. The Bertz CT molecular complexity index is 441. The maximum absolute atomic E-state index is 11.5. The highest BCUT2D eigenvalue weighted by atomic mass is 16.5. The summed E-state index contributed by atoms with van der Waals surface area (Å²) >= 11 is 0. The van der Waals surface area contributed by atoms with Crippen molar-refractivity contribution in [1.82, 2.24) is 0 Å². The molecule has 7 nitrogen and oxygen atoms in total. The van der Waals surface area contributed by atoms with Crippen molar-refractivity contribution < 1.29 is 29.3 Å². The van der Waals surface area contributed by atoms with Gasteiger partial charge in [-0.1, -0.05) is 18.2 Å². The summed E-state index contributed by atoms with van der Waals surface area (Å²) in [5.41, 5.74) is 0.886. The van der Waals surface area contributed by atoms with Gasteiger partial charge < -0.3 is 24.6 Å². The number of rotatable bonds is 11. The second-order valence-electron chi connectivity index (χ2n) is 4.71. The smallest absolute Gasteiger partial charge is 0.307 e. The van der Waals surface area contributed by atoms with E-state index in [1.165, 1.54) is 0 Å². The Balaban J connectivity index is 2.53. The highest BCUT2D eigenvalue weighted by molar-refractivity contribution is 5.71. The van der Waals surface area contributed by atoms with E-state index >= 15 is 0 Å². The molecule has 128 valence electrons. The summed E-state index contributed by atoms with van der Waals surface area (Å²) in [7, 11) is 0. The van der Waals surface area contributed by atoms with Crippen LogP contribution < -0.4 is 4.90 Å². The van der Waals surface area contributed by atoms with E-state index in [1.54, 1.807) is 0 Å². The van der Waals surface area contributed by atoms with Gasteiger partial charge in [0.1, 0.15) is 13.2 Å². The van der Waals surface area contributed by atoms with Crippen LogP contribution in [0.15, 0.2) is 30.3 Å². The summed E-state index contributed by atoms with van der Waals surface area (Å²) in [5, 5.41) is 17.3. The zero-order chi connectivity index (χ0) is 16.9. The van der Waals surface area contributed by atoms with Crippen LogP contribution in [-0.2, 0) is 19.1 Å². The number of carbonyl (C=O) groups excluding carboxylic acids is 2. The molecule has 0 aliphatic heterocycles. The lowest BCUT2D eigenvalue weighted by atomic mass is 10.2. The summed E-state index contributed by atoms with van der Waals surface area (Å²) in [6, 6.07) is 9.40. The third kappa shape index (κ3) is 8.18. The molecule has 0 spiro atoms. The fourth-order valence-electron chi connectivity index (χ4n) is 1.92. The highest BCUT2D eigenvalue weighted by Crippen LogP contribution is 2.14. The van der Waals surface area contributed by atoms with E-state index in [9.17, 15) is 9.59 Å². The van der Waals surface area contributed by atoms with E-state index < -0.39 is 11.9 Å². The van der Waals surface area contributed by atoms with Crippen molar-refractivity contribution in [3.05, 3.63) is 30.3 Å². The lowest BCUT2D eigenvalue weighted by molar-refractivity contribution is -0.144. The Morgan fingerprint density at radius 2 is 1.35 bits per heavy atom. The molecule has 7 heteroatoms. The van der Waals surface area contributed by atoms with Gasteiger partial charge in [-0.2, -0.15) is 0 Å². The van der Waals surface area contributed by atoms with Crippen LogP contribution in [0.4, 0.5) is 5.69 Å². The predicted molar refractivity (Wildman–Crippen MR) is 84.0 cm³/mol.